The Labute approximate surface area is 195 Å². The van der Waals surface area contributed by atoms with Crippen LogP contribution in [0.4, 0.5) is 5.69 Å². The molecule has 0 fully saturated rings. The van der Waals surface area contributed by atoms with Crippen LogP contribution < -0.4 is 15.6 Å². The highest BCUT2D eigenvalue weighted by molar-refractivity contribution is 9.10. The summed E-state index contributed by atoms with van der Waals surface area (Å²) in [6.07, 6.45) is 0.986. The Kier molecular flexibility index (Phi) is 7.42. The second-order valence-corrected chi connectivity index (χ2v) is 10.2. The van der Waals surface area contributed by atoms with Crippen molar-refractivity contribution in [3.8, 4) is 5.75 Å². The number of carbonyl (C=O) groups excluding carboxylic acids is 1. The molecule has 0 saturated carbocycles. The number of nitrogens with zero attached hydrogens (tertiary/aromatic N) is 1. The molecule has 0 aliphatic heterocycles. The first-order chi connectivity index (χ1) is 14.7. The molecule has 0 saturated heterocycles. The minimum absolute atomic E-state index is 0.0269. The zero-order chi connectivity index (χ0) is 22.6. The van der Waals surface area contributed by atoms with E-state index in [1.54, 1.807) is 30.3 Å². The molecule has 3 aromatic rings. The summed E-state index contributed by atoms with van der Waals surface area (Å²) in [5, 5.41) is 3.12. The molecule has 1 heterocycles. The number of benzene rings is 2. The summed E-state index contributed by atoms with van der Waals surface area (Å²) in [7, 11) is -2.54. The third-order valence-electron chi connectivity index (χ3n) is 3.93. The Morgan fingerprint density at radius 3 is 2.58 bits per heavy atom. The van der Waals surface area contributed by atoms with Gasteiger partial charge in [-0.05, 0) is 42.5 Å². The van der Waals surface area contributed by atoms with Crippen LogP contribution in [0.15, 0.2) is 72.9 Å². The highest BCUT2D eigenvalue weighted by Gasteiger charge is 2.22. The quantitative estimate of drug-likeness (QED) is 0.343. The Morgan fingerprint density at radius 2 is 1.97 bits per heavy atom. The molecule has 0 spiro atoms. The van der Waals surface area contributed by atoms with E-state index < -0.39 is 20.3 Å². The van der Waals surface area contributed by atoms with Crippen LogP contribution in [0.2, 0.25) is 5.02 Å². The van der Waals surface area contributed by atoms with Gasteiger partial charge in [-0.3, -0.25) is 9.59 Å². The summed E-state index contributed by atoms with van der Waals surface area (Å²) in [5.74, 6) is 0.0558. The first-order valence-electron chi connectivity index (χ1n) is 8.57. The number of amides is 1. The van der Waals surface area contributed by atoms with E-state index in [9.17, 15) is 18.0 Å². The van der Waals surface area contributed by atoms with Gasteiger partial charge in [0, 0.05) is 10.2 Å². The third-order valence-corrected chi connectivity index (χ3v) is 7.41. The van der Waals surface area contributed by atoms with E-state index in [-0.39, 0.29) is 21.7 Å². The minimum Gasteiger partial charge on any atom is -0.495 e. The molecule has 0 radical (unpaired) electrons. The van der Waals surface area contributed by atoms with Crippen molar-refractivity contribution in [1.82, 2.24) is 9.97 Å². The number of carbonyl (C=O) groups is 1. The molecule has 2 aromatic carbocycles. The third kappa shape index (κ3) is 5.67. The predicted octanol–water partition coefficient (Wildman–Crippen LogP) is 3.76. The lowest BCUT2D eigenvalue weighted by Crippen LogP contribution is -2.20. The SMILES string of the molecule is COc1ccc(NC(=O)CSc2ncc(S(=O)(=O)c3ccc(Br)cc3)c(=O)[nH]2)cc1Cl. The summed E-state index contributed by atoms with van der Waals surface area (Å²) < 4.78 is 31.1. The van der Waals surface area contributed by atoms with E-state index in [0.29, 0.717) is 20.9 Å². The lowest BCUT2D eigenvalue weighted by molar-refractivity contribution is -0.113. The van der Waals surface area contributed by atoms with Crippen molar-refractivity contribution in [2.45, 2.75) is 14.9 Å². The van der Waals surface area contributed by atoms with Crippen molar-refractivity contribution < 1.29 is 17.9 Å². The molecule has 0 aliphatic carbocycles. The Bertz CT molecular complexity index is 1280. The smallest absolute Gasteiger partial charge is 0.270 e. The number of rotatable bonds is 7. The molecule has 0 unspecified atom stereocenters. The van der Waals surface area contributed by atoms with E-state index in [2.05, 4.69) is 31.2 Å². The average molecular weight is 545 g/mol. The normalized spacial score (nSPS) is 11.2. The number of thioether (sulfide) groups is 1. The zero-order valence-corrected chi connectivity index (χ0v) is 19.9. The summed E-state index contributed by atoms with van der Waals surface area (Å²) >= 11 is 10.2. The monoisotopic (exact) mass is 543 g/mol. The maximum atomic E-state index is 12.7. The van der Waals surface area contributed by atoms with E-state index in [1.165, 1.54) is 19.2 Å². The van der Waals surface area contributed by atoms with Crippen LogP contribution in [0.5, 0.6) is 5.75 Å². The van der Waals surface area contributed by atoms with Crippen LogP contribution in [0.3, 0.4) is 0 Å². The summed E-state index contributed by atoms with van der Waals surface area (Å²) in [6, 6.07) is 10.7. The van der Waals surface area contributed by atoms with E-state index in [1.807, 2.05) is 0 Å². The standard InChI is InChI=1S/C19H15BrClN3O5S2/c1-29-15-7-4-12(8-14(15)21)23-17(25)10-30-19-22-9-16(18(26)24-19)31(27,28)13-5-2-11(20)3-6-13/h2-9H,10H2,1H3,(H,23,25)(H,22,24,26). The molecule has 162 valence electrons. The van der Waals surface area contributed by atoms with E-state index in [0.717, 1.165) is 18.0 Å². The number of anilines is 1. The highest BCUT2D eigenvalue weighted by atomic mass is 79.9. The number of hydrogen-bond donors (Lipinski definition) is 2. The van der Waals surface area contributed by atoms with Gasteiger partial charge in [-0.15, -0.1) is 0 Å². The highest BCUT2D eigenvalue weighted by Crippen LogP contribution is 2.27. The van der Waals surface area contributed by atoms with Gasteiger partial charge < -0.3 is 15.0 Å². The number of nitrogens with one attached hydrogen (secondary N) is 2. The molecule has 0 atom stereocenters. The van der Waals surface area contributed by atoms with E-state index in [4.69, 9.17) is 16.3 Å². The Balaban J connectivity index is 1.68. The fourth-order valence-electron chi connectivity index (χ4n) is 2.45. The molecule has 12 heteroatoms. The van der Waals surface area contributed by atoms with Crippen molar-refractivity contribution in [2.24, 2.45) is 0 Å². The number of halogens is 2. The van der Waals surface area contributed by atoms with Gasteiger partial charge in [-0.2, -0.15) is 0 Å². The number of ether oxygens (including phenoxy) is 1. The molecule has 0 bridgehead atoms. The van der Waals surface area contributed by atoms with Crippen LogP contribution in [0.25, 0.3) is 0 Å². The predicted molar refractivity (Wildman–Crippen MR) is 122 cm³/mol. The summed E-state index contributed by atoms with van der Waals surface area (Å²) in [4.78, 5) is 30.3. The number of H-pyrrole nitrogens is 1. The van der Waals surface area contributed by atoms with Crippen molar-refractivity contribution in [3.05, 3.63) is 68.5 Å². The van der Waals surface area contributed by atoms with Gasteiger partial charge in [0.1, 0.15) is 5.75 Å². The van der Waals surface area contributed by atoms with Crippen LogP contribution in [0.1, 0.15) is 0 Å². The number of methoxy groups -OCH3 is 1. The average Bonchev–Trinajstić information content (AvgIpc) is 2.72. The van der Waals surface area contributed by atoms with Crippen molar-refractivity contribution in [2.75, 3.05) is 18.2 Å². The topological polar surface area (TPSA) is 118 Å². The first kappa shape index (κ1) is 23.3. The Morgan fingerprint density at radius 1 is 1.26 bits per heavy atom. The molecular weight excluding hydrogens is 530 g/mol. The molecule has 1 aromatic heterocycles. The van der Waals surface area contributed by atoms with Crippen molar-refractivity contribution in [1.29, 1.82) is 0 Å². The molecule has 8 nitrogen and oxygen atoms in total. The summed E-state index contributed by atoms with van der Waals surface area (Å²) in [6.45, 7) is 0. The van der Waals surface area contributed by atoms with Gasteiger partial charge >= 0.3 is 0 Å². The minimum atomic E-state index is -4.02. The lowest BCUT2D eigenvalue weighted by atomic mass is 10.3. The lowest BCUT2D eigenvalue weighted by Gasteiger charge is -2.08. The fraction of sp³-hybridized carbons (Fsp3) is 0.105. The Hall–Kier alpha value is -2.34. The van der Waals surface area contributed by atoms with Crippen LogP contribution in [0, 0.1) is 0 Å². The maximum Gasteiger partial charge on any atom is 0.270 e. The number of sulfone groups is 1. The zero-order valence-electron chi connectivity index (χ0n) is 15.9. The van der Waals surface area contributed by atoms with Gasteiger partial charge in [0.15, 0.2) is 10.1 Å². The van der Waals surface area contributed by atoms with Crippen molar-refractivity contribution >= 4 is 60.7 Å². The van der Waals surface area contributed by atoms with Crippen LogP contribution in [-0.2, 0) is 14.6 Å². The number of aromatic nitrogens is 2. The number of aromatic amines is 1. The fourth-order valence-corrected chi connectivity index (χ4v) is 4.84. The summed E-state index contributed by atoms with van der Waals surface area (Å²) in [5.41, 5.74) is -0.337. The largest absolute Gasteiger partial charge is 0.495 e. The maximum absolute atomic E-state index is 12.7. The second kappa shape index (κ2) is 9.86. The molecule has 0 aliphatic rings. The van der Waals surface area contributed by atoms with Crippen LogP contribution >= 0.6 is 39.3 Å². The van der Waals surface area contributed by atoms with Gasteiger partial charge in [-0.25, -0.2) is 13.4 Å². The van der Waals surface area contributed by atoms with Gasteiger partial charge in [-0.1, -0.05) is 39.3 Å². The van der Waals surface area contributed by atoms with Gasteiger partial charge in [0.25, 0.3) is 5.56 Å². The molecule has 3 rings (SSSR count). The van der Waals surface area contributed by atoms with Crippen molar-refractivity contribution in [3.63, 3.8) is 0 Å². The molecule has 1 amide bonds. The molecular formula is C19H15BrClN3O5S2. The van der Waals surface area contributed by atoms with Gasteiger partial charge in [0.05, 0.1) is 29.0 Å². The first-order valence-corrected chi connectivity index (χ1v) is 12.2. The molecule has 2 N–H and O–H groups in total. The number of hydrogen-bond acceptors (Lipinski definition) is 7. The van der Waals surface area contributed by atoms with Gasteiger partial charge in [0.2, 0.25) is 15.7 Å². The molecule has 31 heavy (non-hydrogen) atoms. The van der Waals surface area contributed by atoms with E-state index >= 15 is 0 Å². The second-order valence-electron chi connectivity index (χ2n) is 6.03. The van der Waals surface area contributed by atoms with Crippen LogP contribution in [-0.4, -0.2) is 37.2 Å².